The van der Waals surface area contributed by atoms with E-state index < -0.39 is 11.8 Å². The number of benzene rings is 2. The van der Waals surface area contributed by atoms with Crippen molar-refractivity contribution in [2.75, 3.05) is 0 Å². The second kappa shape index (κ2) is 9.17. The molecule has 2 amide bonds. The molecular weight excluding hydrogens is 380 g/mol. The van der Waals surface area contributed by atoms with Crippen LogP contribution in [0.5, 0.6) is 0 Å². The molecule has 154 valence electrons. The summed E-state index contributed by atoms with van der Waals surface area (Å²) in [5.41, 5.74) is 6.60. The Hall–Kier alpha value is -3.74. The Morgan fingerprint density at radius 3 is 2.33 bits per heavy atom. The normalized spacial score (nSPS) is 11.2. The molecule has 1 aromatic heterocycles. The Morgan fingerprint density at radius 2 is 1.70 bits per heavy atom. The van der Waals surface area contributed by atoms with E-state index in [0.717, 1.165) is 5.56 Å². The average Bonchev–Trinajstić information content (AvgIpc) is 2.76. The monoisotopic (exact) mass is 404 g/mol. The highest BCUT2D eigenvalue weighted by Crippen LogP contribution is 2.15. The van der Waals surface area contributed by atoms with Crippen LogP contribution in [-0.4, -0.2) is 21.6 Å². The zero-order valence-electron chi connectivity index (χ0n) is 17.2. The molecule has 30 heavy (non-hydrogen) atoms. The molecule has 0 aliphatic heterocycles. The Bertz CT molecular complexity index is 1160. The van der Waals surface area contributed by atoms with E-state index >= 15 is 0 Å². The minimum absolute atomic E-state index is 0.0700. The first-order valence-electron chi connectivity index (χ1n) is 9.79. The summed E-state index contributed by atoms with van der Waals surface area (Å²) < 4.78 is 1.22. The van der Waals surface area contributed by atoms with E-state index in [1.165, 1.54) is 16.3 Å². The molecule has 0 fully saturated rings. The molecule has 0 aliphatic carbocycles. The van der Waals surface area contributed by atoms with Gasteiger partial charge in [-0.05, 0) is 36.1 Å². The third kappa shape index (κ3) is 4.63. The van der Waals surface area contributed by atoms with Crippen molar-refractivity contribution < 1.29 is 9.59 Å². The van der Waals surface area contributed by atoms with Gasteiger partial charge in [-0.2, -0.15) is 5.10 Å². The van der Waals surface area contributed by atoms with Gasteiger partial charge >= 0.3 is 0 Å². The third-order valence-electron chi connectivity index (χ3n) is 4.71. The molecular formula is C23H24N4O3. The molecule has 3 aromatic rings. The van der Waals surface area contributed by atoms with E-state index in [1.54, 1.807) is 37.3 Å². The fraction of sp³-hybridized carbons (Fsp3) is 0.217. The van der Waals surface area contributed by atoms with Crippen LogP contribution in [0.2, 0.25) is 0 Å². The smallest absolute Gasteiger partial charge is 0.268 e. The highest BCUT2D eigenvalue weighted by atomic mass is 16.2. The molecule has 0 radical (unpaired) electrons. The van der Waals surface area contributed by atoms with Gasteiger partial charge in [-0.3, -0.25) is 25.2 Å². The van der Waals surface area contributed by atoms with Gasteiger partial charge in [0.2, 0.25) is 0 Å². The van der Waals surface area contributed by atoms with Gasteiger partial charge in [0.05, 0.1) is 5.39 Å². The van der Waals surface area contributed by atoms with Crippen molar-refractivity contribution in [1.82, 2.24) is 20.6 Å². The number of hydrogen-bond donors (Lipinski definition) is 2. The van der Waals surface area contributed by atoms with Gasteiger partial charge < -0.3 is 0 Å². The number of amides is 2. The largest absolute Gasteiger partial charge is 0.290 e. The van der Waals surface area contributed by atoms with Crippen LogP contribution in [0.1, 0.15) is 48.3 Å². The zero-order chi connectivity index (χ0) is 21.7. The van der Waals surface area contributed by atoms with Crippen LogP contribution < -0.4 is 16.4 Å². The summed E-state index contributed by atoms with van der Waals surface area (Å²) in [5.74, 6) is -0.644. The second-order valence-corrected chi connectivity index (χ2v) is 7.11. The molecule has 0 aliphatic rings. The molecule has 7 nitrogen and oxygen atoms in total. The van der Waals surface area contributed by atoms with Crippen molar-refractivity contribution >= 4 is 28.7 Å². The van der Waals surface area contributed by atoms with Crippen molar-refractivity contribution in [3.05, 3.63) is 81.8 Å². The maximum atomic E-state index is 12.6. The summed E-state index contributed by atoms with van der Waals surface area (Å²) in [4.78, 5) is 37.0. The molecule has 2 N–H and O–H groups in total. The van der Waals surface area contributed by atoms with E-state index in [0.29, 0.717) is 23.2 Å². The zero-order valence-corrected chi connectivity index (χ0v) is 17.2. The number of hydrogen-bond acceptors (Lipinski definition) is 4. The van der Waals surface area contributed by atoms with Crippen LogP contribution in [0, 0.1) is 0 Å². The summed E-state index contributed by atoms with van der Waals surface area (Å²) in [5, 5.41) is 4.96. The number of aryl methyl sites for hydroxylation is 1. The minimum atomic E-state index is -0.601. The maximum absolute atomic E-state index is 12.6. The molecule has 0 atom stereocenters. The van der Waals surface area contributed by atoms with Crippen LogP contribution in [0.15, 0.2) is 59.4 Å². The van der Waals surface area contributed by atoms with Crippen LogP contribution in [0.3, 0.4) is 0 Å². The van der Waals surface area contributed by atoms with Crippen molar-refractivity contribution in [2.24, 2.45) is 0 Å². The number of aromatic nitrogens is 2. The molecule has 0 bridgehead atoms. The number of fused-ring (bicyclic) bond motifs is 1. The number of rotatable bonds is 5. The Kier molecular flexibility index (Phi) is 6.41. The molecule has 3 rings (SSSR count). The molecule has 7 heteroatoms. The Labute approximate surface area is 174 Å². The van der Waals surface area contributed by atoms with Crippen LogP contribution >= 0.6 is 0 Å². The fourth-order valence-electron chi connectivity index (χ4n) is 3.00. The van der Waals surface area contributed by atoms with Gasteiger partial charge in [-0.15, -0.1) is 0 Å². The van der Waals surface area contributed by atoms with E-state index in [4.69, 9.17) is 0 Å². The van der Waals surface area contributed by atoms with Crippen molar-refractivity contribution in [3.8, 4) is 0 Å². The van der Waals surface area contributed by atoms with Crippen molar-refractivity contribution in [2.45, 2.75) is 33.2 Å². The standard InChI is InChI=1S/C23H24N4O3/c1-4-27-23(30)19-8-6-5-7-18(19)21(26-27)22(29)25-24-20(28)14-11-16-9-12-17(13-10-16)15(2)3/h5-15H,4H2,1-3H3,(H,24,28)(H,25,29)/b14-11+. The number of nitrogens with zero attached hydrogens (tertiary/aromatic N) is 2. The first kappa shape index (κ1) is 21.0. The molecule has 0 unspecified atom stereocenters. The number of nitrogens with one attached hydrogen (secondary N) is 2. The molecule has 0 spiro atoms. The fourth-order valence-corrected chi connectivity index (χ4v) is 3.00. The highest BCUT2D eigenvalue weighted by Gasteiger charge is 2.16. The van der Waals surface area contributed by atoms with Gasteiger partial charge in [-0.25, -0.2) is 4.68 Å². The summed E-state index contributed by atoms with van der Waals surface area (Å²) in [6.07, 6.45) is 3.00. The first-order chi connectivity index (χ1) is 14.4. The van der Waals surface area contributed by atoms with E-state index in [2.05, 4.69) is 29.8 Å². The molecule has 0 saturated heterocycles. The van der Waals surface area contributed by atoms with E-state index in [1.807, 2.05) is 24.3 Å². The SMILES string of the molecule is CCn1nc(C(=O)NNC(=O)/C=C/c2ccc(C(C)C)cc2)c2ccccc2c1=O. The second-order valence-electron chi connectivity index (χ2n) is 7.11. The summed E-state index contributed by atoms with van der Waals surface area (Å²) >= 11 is 0. The lowest BCUT2D eigenvalue weighted by Crippen LogP contribution is -2.42. The summed E-state index contributed by atoms with van der Waals surface area (Å²) in [7, 11) is 0. The third-order valence-corrected chi connectivity index (χ3v) is 4.71. The van der Waals surface area contributed by atoms with Crippen molar-refractivity contribution in [3.63, 3.8) is 0 Å². The lowest BCUT2D eigenvalue weighted by molar-refractivity contribution is -0.117. The number of carbonyl (C=O) groups excluding carboxylic acids is 2. The highest BCUT2D eigenvalue weighted by molar-refractivity contribution is 6.05. The lowest BCUT2D eigenvalue weighted by Gasteiger charge is -2.10. The topological polar surface area (TPSA) is 93.1 Å². The van der Waals surface area contributed by atoms with Crippen molar-refractivity contribution in [1.29, 1.82) is 0 Å². The first-order valence-corrected chi connectivity index (χ1v) is 9.79. The van der Waals surface area contributed by atoms with Gasteiger partial charge in [0.25, 0.3) is 17.4 Å². The number of carbonyl (C=O) groups is 2. The van der Waals surface area contributed by atoms with Crippen LogP contribution in [-0.2, 0) is 11.3 Å². The Balaban J connectivity index is 1.70. The van der Waals surface area contributed by atoms with Gasteiger partial charge in [0.15, 0.2) is 5.69 Å². The summed E-state index contributed by atoms with van der Waals surface area (Å²) in [6.45, 7) is 6.33. The lowest BCUT2D eigenvalue weighted by atomic mass is 10.0. The molecule has 1 heterocycles. The van der Waals surface area contributed by atoms with Gasteiger partial charge in [0.1, 0.15) is 0 Å². The summed E-state index contributed by atoms with van der Waals surface area (Å²) in [6, 6.07) is 14.7. The van der Waals surface area contributed by atoms with Gasteiger partial charge in [0, 0.05) is 18.0 Å². The predicted molar refractivity (Wildman–Crippen MR) is 117 cm³/mol. The number of hydrazine groups is 1. The molecule has 2 aromatic carbocycles. The Morgan fingerprint density at radius 1 is 1.03 bits per heavy atom. The average molecular weight is 404 g/mol. The van der Waals surface area contributed by atoms with Crippen LogP contribution in [0.4, 0.5) is 0 Å². The van der Waals surface area contributed by atoms with Crippen LogP contribution in [0.25, 0.3) is 16.8 Å². The van der Waals surface area contributed by atoms with Gasteiger partial charge in [-0.1, -0.05) is 56.3 Å². The van der Waals surface area contributed by atoms with E-state index in [-0.39, 0.29) is 11.3 Å². The maximum Gasteiger partial charge on any atom is 0.290 e. The predicted octanol–water partition coefficient (Wildman–Crippen LogP) is 3.01. The van der Waals surface area contributed by atoms with E-state index in [9.17, 15) is 14.4 Å². The molecule has 0 saturated carbocycles. The quantitative estimate of drug-likeness (QED) is 0.505. The minimum Gasteiger partial charge on any atom is -0.268 e.